The van der Waals surface area contributed by atoms with Gasteiger partial charge in [0.25, 0.3) is 0 Å². The van der Waals surface area contributed by atoms with Crippen LogP contribution in [0, 0.1) is 5.92 Å². The van der Waals surface area contributed by atoms with Crippen molar-refractivity contribution < 1.29 is 14.3 Å². The lowest BCUT2D eigenvalue weighted by atomic mass is 9.85. The molecule has 2 aromatic rings. The van der Waals surface area contributed by atoms with E-state index in [1.807, 2.05) is 48.5 Å². The normalized spacial score (nSPS) is 19.6. The number of carbonyl (C=O) groups is 1. The second kappa shape index (κ2) is 8.72. The number of amides is 1. The third-order valence-corrected chi connectivity index (χ3v) is 4.77. The van der Waals surface area contributed by atoms with E-state index in [4.69, 9.17) is 15.2 Å². The van der Waals surface area contributed by atoms with Crippen molar-refractivity contribution in [3.8, 4) is 17.2 Å². The molecule has 5 nitrogen and oxygen atoms in total. The maximum absolute atomic E-state index is 12.3. The zero-order valence-corrected chi connectivity index (χ0v) is 15.1. The Bertz CT molecular complexity index is 730. The molecule has 0 aliphatic heterocycles. The molecule has 0 spiro atoms. The summed E-state index contributed by atoms with van der Waals surface area (Å²) in [6, 6.07) is 15.4. The van der Waals surface area contributed by atoms with Crippen molar-refractivity contribution in [3.05, 3.63) is 54.1 Å². The van der Waals surface area contributed by atoms with Gasteiger partial charge in [-0.15, -0.1) is 0 Å². The first-order valence-corrected chi connectivity index (χ1v) is 9.09. The van der Waals surface area contributed by atoms with Crippen molar-refractivity contribution in [2.75, 3.05) is 7.11 Å². The Morgan fingerprint density at radius 2 is 1.85 bits per heavy atom. The van der Waals surface area contributed by atoms with E-state index in [0.717, 1.165) is 37.0 Å². The van der Waals surface area contributed by atoms with E-state index < -0.39 is 0 Å². The fourth-order valence-corrected chi connectivity index (χ4v) is 3.30. The molecule has 0 radical (unpaired) electrons. The molecule has 2 atom stereocenters. The summed E-state index contributed by atoms with van der Waals surface area (Å²) >= 11 is 0. The number of hydrogen-bond donors (Lipinski definition) is 2. The number of nitrogens with two attached hydrogens (primary N) is 1. The standard InChI is InChI=1S/C21H26N2O3/c1-25-19-7-2-3-8-20(19)26-18-11-9-15(10-12-18)14-23-21(24)16-5-4-6-17(22)13-16/h2-3,7-12,16-17H,4-6,13-14,22H2,1H3,(H,23,24). The molecule has 1 aliphatic rings. The molecule has 1 fully saturated rings. The van der Waals surface area contributed by atoms with Crippen molar-refractivity contribution in [1.29, 1.82) is 0 Å². The van der Waals surface area contributed by atoms with Crippen LogP contribution in [0.15, 0.2) is 48.5 Å². The van der Waals surface area contributed by atoms with Gasteiger partial charge in [-0.3, -0.25) is 4.79 Å². The first kappa shape index (κ1) is 18.3. The third kappa shape index (κ3) is 4.76. The van der Waals surface area contributed by atoms with Gasteiger partial charge in [0.15, 0.2) is 11.5 Å². The molecule has 2 aromatic carbocycles. The summed E-state index contributed by atoms with van der Waals surface area (Å²) in [7, 11) is 1.62. The molecule has 2 unspecified atom stereocenters. The number of ether oxygens (including phenoxy) is 2. The van der Waals surface area contributed by atoms with Crippen molar-refractivity contribution in [3.63, 3.8) is 0 Å². The second-order valence-corrected chi connectivity index (χ2v) is 6.74. The average molecular weight is 354 g/mol. The SMILES string of the molecule is COc1ccccc1Oc1ccc(CNC(=O)C2CCCC(N)C2)cc1. The Kier molecular flexibility index (Phi) is 6.12. The smallest absolute Gasteiger partial charge is 0.223 e. The minimum absolute atomic E-state index is 0.0481. The van der Waals surface area contributed by atoms with E-state index in [1.54, 1.807) is 7.11 Å². The summed E-state index contributed by atoms with van der Waals surface area (Å²) in [5.74, 6) is 2.24. The Morgan fingerprint density at radius 1 is 1.12 bits per heavy atom. The summed E-state index contributed by atoms with van der Waals surface area (Å²) in [4.78, 5) is 12.3. The number of methoxy groups -OCH3 is 1. The zero-order chi connectivity index (χ0) is 18.4. The van der Waals surface area contributed by atoms with E-state index in [1.165, 1.54) is 0 Å². The van der Waals surface area contributed by atoms with Crippen LogP contribution in [0.25, 0.3) is 0 Å². The average Bonchev–Trinajstić information content (AvgIpc) is 2.67. The van der Waals surface area contributed by atoms with Gasteiger partial charge in [0.05, 0.1) is 7.11 Å². The Balaban J connectivity index is 1.53. The van der Waals surface area contributed by atoms with Crippen LogP contribution in [0.5, 0.6) is 17.2 Å². The molecule has 3 rings (SSSR count). The highest BCUT2D eigenvalue weighted by Crippen LogP contribution is 2.31. The van der Waals surface area contributed by atoms with Crippen molar-refractivity contribution in [2.45, 2.75) is 38.3 Å². The molecule has 1 aliphatic carbocycles. The fraction of sp³-hybridized carbons (Fsp3) is 0.381. The maximum Gasteiger partial charge on any atom is 0.223 e. The lowest BCUT2D eigenvalue weighted by Crippen LogP contribution is -2.37. The molecule has 138 valence electrons. The number of hydrogen-bond acceptors (Lipinski definition) is 4. The number of nitrogens with one attached hydrogen (secondary N) is 1. The van der Waals surface area contributed by atoms with Gasteiger partial charge in [-0.25, -0.2) is 0 Å². The van der Waals surface area contributed by atoms with E-state index in [0.29, 0.717) is 18.0 Å². The summed E-state index contributed by atoms with van der Waals surface area (Å²) < 4.78 is 11.2. The molecule has 3 N–H and O–H groups in total. The number of rotatable bonds is 6. The first-order valence-electron chi connectivity index (χ1n) is 9.09. The van der Waals surface area contributed by atoms with Crippen molar-refractivity contribution in [1.82, 2.24) is 5.32 Å². The first-order chi connectivity index (χ1) is 12.7. The topological polar surface area (TPSA) is 73.6 Å². The van der Waals surface area contributed by atoms with E-state index in [9.17, 15) is 4.79 Å². The fourth-order valence-electron chi connectivity index (χ4n) is 3.30. The Hall–Kier alpha value is -2.53. The van der Waals surface area contributed by atoms with E-state index in [2.05, 4.69) is 5.32 Å². The zero-order valence-electron chi connectivity index (χ0n) is 15.1. The predicted octanol–water partition coefficient (Wildman–Crippen LogP) is 3.62. The van der Waals surface area contributed by atoms with Gasteiger partial charge in [0.1, 0.15) is 5.75 Å². The second-order valence-electron chi connectivity index (χ2n) is 6.74. The molecule has 0 aromatic heterocycles. The molecule has 0 heterocycles. The maximum atomic E-state index is 12.3. The number of carbonyl (C=O) groups excluding carboxylic acids is 1. The minimum atomic E-state index is 0.0481. The summed E-state index contributed by atoms with van der Waals surface area (Å²) in [6.07, 6.45) is 3.79. The molecular formula is C21H26N2O3. The highest BCUT2D eigenvalue weighted by Gasteiger charge is 2.24. The lowest BCUT2D eigenvalue weighted by molar-refractivity contribution is -0.126. The molecule has 0 saturated heterocycles. The van der Waals surface area contributed by atoms with Gasteiger partial charge in [-0.2, -0.15) is 0 Å². The lowest BCUT2D eigenvalue weighted by Gasteiger charge is -2.25. The Morgan fingerprint density at radius 3 is 2.54 bits per heavy atom. The summed E-state index contributed by atoms with van der Waals surface area (Å²) in [5, 5.41) is 3.02. The monoisotopic (exact) mass is 354 g/mol. The molecule has 0 bridgehead atoms. The Labute approximate surface area is 154 Å². The van der Waals surface area contributed by atoms with Crippen LogP contribution in [0.4, 0.5) is 0 Å². The summed E-state index contributed by atoms with van der Waals surface area (Å²) in [5.41, 5.74) is 7.00. The van der Waals surface area contributed by atoms with Gasteiger partial charge < -0.3 is 20.5 Å². The van der Waals surface area contributed by atoms with Gasteiger partial charge in [-0.05, 0) is 49.1 Å². The van der Waals surface area contributed by atoms with Crippen LogP contribution in [0.3, 0.4) is 0 Å². The molecule has 5 heteroatoms. The van der Waals surface area contributed by atoms with E-state index in [-0.39, 0.29) is 17.9 Å². The van der Waals surface area contributed by atoms with Crippen LogP contribution < -0.4 is 20.5 Å². The minimum Gasteiger partial charge on any atom is -0.493 e. The molecular weight excluding hydrogens is 328 g/mol. The highest BCUT2D eigenvalue weighted by molar-refractivity contribution is 5.78. The largest absolute Gasteiger partial charge is 0.493 e. The van der Waals surface area contributed by atoms with Gasteiger partial charge in [0.2, 0.25) is 5.91 Å². The van der Waals surface area contributed by atoms with Gasteiger partial charge in [0, 0.05) is 18.5 Å². The van der Waals surface area contributed by atoms with Crippen LogP contribution in [-0.4, -0.2) is 19.1 Å². The molecule has 1 amide bonds. The van der Waals surface area contributed by atoms with E-state index >= 15 is 0 Å². The van der Waals surface area contributed by atoms with Crippen molar-refractivity contribution >= 4 is 5.91 Å². The van der Waals surface area contributed by atoms with Gasteiger partial charge >= 0.3 is 0 Å². The number of para-hydroxylation sites is 2. The third-order valence-electron chi connectivity index (χ3n) is 4.77. The van der Waals surface area contributed by atoms with Crippen LogP contribution in [0.2, 0.25) is 0 Å². The van der Waals surface area contributed by atoms with Crippen LogP contribution in [-0.2, 0) is 11.3 Å². The molecule has 1 saturated carbocycles. The van der Waals surface area contributed by atoms with Crippen LogP contribution >= 0.6 is 0 Å². The van der Waals surface area contributed by atoms with Crippen molar-refractivity contribution in [2.24, 2.45) is 11.7 Å². The number of benzene rings is 2. The van der Waals surface area contributed by atoms with Gasteiger partial charge in [-0.1, -0.05) is 30.7 Å². The quantitative estimate of drug-likeness (QED) is 0.831. The summed E-state index contributed by atoms with van der Waals surface area (Å²) in [6.45, 7) is 0.513. The molecule has 26 heavy (non-hydrogen) atoms. The highest BCUT2D eigenvalue weighted by atomic mass is 16.5. The predicted molar refractivity (Wildman–Crippen MR) is 101 cm³/mol. The van der Waals surface area contributed by atoms with Crippen LogP contribution in [0.1, 0.15) is 31.2 Å².